The molecule has 1 unspecified atom stereocenters. The van der Waals surface area contributed by atoms with Crippen LogP contribution >= 0.6 is 0 Å². The SMILES string of the molecule is NCc1nc(CN(Cc2ccccc2)CC2CCCO2)no1. The predicted molar refractivity (Wildman–Crippen MR) is 81.7 cm³/mol. The molecule has 2 N–H and O–H groups in total. The average Bonchev–Trinajstić information content (AvgIpc) is 3.20. The fraction of sp³-hybridized carbons (Fsp3) is 0.500. The highest BCUT2D eigenvalue weighted by Gasteiger charge is 2.21. The van der Waals surface area contributed by atoms with Crippen LogP contribution in [0.4, 0.5) is 0 Å². The highest BCUT2D eigenvalue weighted by Crippen LogP contribution is 2.16. The molecule has 2 heterocycles. The molecular formula is C16H22N4O2. The molecule has 0 spiro atoms. The molecular weight excluding hydrogens is 280 g/mol. The Morgan fingerprint density at radius 2 is 2.09 bits per heavy atom. The zero-order valence-corrected chi connectivity index (χ0v) is 12.6. The number of hydrogen-bond acceptors (Lipinski definition) is 6. The normalized spacial score (nSPS) is 18.2. The van der Waals surface area contributed by atoms with E-state index in [0.717, 1.165) is 32.5 Å². The van der Waals surface area contributed by atoms with Crippen molar-refractivity contribution in [1.29, 1.82) is 0 Å². The predicted octanol–water partition coefficient (Wildman–Crippen LogP) is 1.71. The van der Waals surface area contributed by atoms with Gasteiger partial charge >= 0.3 is 0 Å². The lowest BCUT2D eigenvalue weighted by atomic mass is 10.2. The molecule has 2 aromatic rings. The Kier molecular flexibility index (Phi) is 5.15. The van der Waals surface area contributed by atoms with Gasteiger partial charge in [-0.2, -0.15) is 4.98 Å². The smallest absolute Gasteiger partial charge is 0.240 e. The molecule has 0 aliphatic carbocycles. The van der Waals surface area contributed by atoms with Crippen molar-refractivity contribution >= 4 is 0 Å². The first kappa shape index (κ1) is 15.1. The van der Waals surface area contributed by atoms with Crippen LogP contribution in [0.5, 0.6) is 0 Å². The maximum atomic E-state index is 5.76. The van der Waals surface area contributed by atoms with Gasteiger partial charge in [0.05, 0.1) is 19.2 Å². The molecule has 22 heavy (non-hydrogen) atoms. The van der Waals surface area contributed by atoms with Gasteiger partial charge in [-0.05, 0) is 18.4 Å². The van der Waals surface area contributed by atoms with Gasteiger partial charge in [-0.15, -0.1) is 0 Å². The zero-order valence-electron chi connectivity index (χ0n) is 12.6. The second-order valence-electron chi connectivity index (χ2n) is 5.60. The lowest BCUT2D eigenvalue weighted by Gasteiger charge is -2.23. The van der Waals surface area contributed by atoms with E-state index in [2.05, 4.69) is 39.3 Å². The minimum Gasteiger partial charge on any atom is -0.377 e. The van der Waals surface area contributed by atoms with Gasteiger partial charge in [-0.3, -0.25) is 4.90 Å². The van der Waals surface area contributed by atoms with E-state index in [-0.39, 0.29) is 6.54 Å². The van der Waals surface area contributed by atoms with Crippen LogP contribution in [0.3, 0.4) is 0 Å². The van der Waals surface area contributed by atoms with E-state index in [1.165, 1.54) is 5.56 Å². The largest absolute Gasteiger partial charge is 0.377 e. The molecule has 3 rings (SSSR count). The molecule has 0 saturated carbocycles. The summed E-state index contributed by atoms with van der Waals surface area (Å²) >= 11 is 0. The third-order valence-electron chi connectivity index (χ3n) is 3.78. The van der Waals surface area contributed by atoms with Crippen molar-refractivity contribution in [3.63, 3.8) is 0 Å². The van der Waals surface area contributed by atoms with Crippen LogP contribution in [0.2, 0.25) is 0 Å². The number of nitrogens with two attached hydrogens (primary N) is 1. The van der Waals surface area contributed by atoms with Crippen LogP contribution in [0.25, 0.3) is 0 Å². The number of rotatable bonds is 7. The second-order valence-corrected chi connectivity index (χ2v) is 5.60. The molecule has 118 valence electrons. The number of benzene rings is 1. The molecule has 0 radical (unpaired) electrons. The minimum absolute atomic E-state index is 0.275. The van der Waals surface area contributed by atoms with E-state index < -0.39 is 0 Å². The number of ether oxygens (including phenoxy) is 1. The van der Waals surface area contributed by atoms with Crippen molar-refractivity contribution in [3.05, 3.63) is 47.6 Å². The van der Waals surface area contributed by atoms with Gasteiger partial charge in [0.2, 0.25) is 5.89 Å². The summed E-state index contributed by atoms with van der Waals surface area (Å²) in [4.78, 5) is 6.60. The van der Waals surface area contributed by atoms with Crippen molar-refractivity contribution in [2.24, 2.45) is 5.73 Å². The summed E-state index contributed by atoms with van der Waals surface area (Å²) < 4.78 is 10.9. The number of aromatic nitrogens is 2. The van der Waals surface area contributed by atoms with Crippen LogP contribution in [-0.4, -0.2) is 34.3 Å². The third-order valence-corrected chi connectivity index (χ3v) is 3.78. The van der Waals surface area contributed by atoms with Gasteiger partial charge < -0.3 is 15.0 Å². The molecule has 1 fully saturated rings. The third kappa shape index (κ3) is 4.13. The Hall–Kier alpha value is -1.76. The van der Waals surface area contributed by atoms with E-state index in [9.17, 15) is 0 Å². The summed E-state index contributed by atoms with van der Waals surface area (Å²) in [5, 5.41) is 3.99. The van der Waals surface area contributed by atoms with Gasteiger partial charge in [0.25, 0.3) is 0 Å². The summed E-state index contributed by atoms with van der Waals surface area (Å²) in [5.41, 5.74) is 6.79. The van der Waals surface area contributed by atoms with Gasteiger partial charge in [-0.25, -0.2) is 0 Å². The first-order chi connectivity index (χ1) is 10.8. The summed E-state index contributed by atoms with van der Waals surface area (Å²) in [5.74, 6) is 1.15. The van der Waals surface area contributed by atoms with Crippen molar-refractivity contribution in [2.45, 2.75) is 38.6 Å². The first-order valence-corrected chi connectivity index (χ1v) is 7.73. The molecule has 1 aromatic heterocycles. The van der Waals surface area contributed by atoms with Crippen molar-refractivity contribution < 1.29 is 9.26 Å². The van der Waals surface area contributed by atoms with E-state index in [0.29, 0.717) is 24.4 Å². The van der Waals surface area contributed by atoms with E-state index >= 15 is 0 Å². The topological polar surface area (TPSA) is 77.4 Å². The van der Waals surface area contributed by atoms with Crippen LogP contribution in [0.15, 0.2) is 34.9 Å². The van der Waals surface area contributed by atoms with Crippen LogP contribution < -0.4 is 5.73 Å². The molecule has 6 heteroatoms. The first-order valence-electron chi connectivity index (χ1n) is 7.73. The highest BCUT2D eigenvalue weighted by atomic mass is 16.5. The fourth-order valence-electron chi connectivity index (χ4n) is 2.74. The Bertz CT molecular complexity index is 567. The zero-order chi connectivity index (χ0) is 15.2. The highest BCUT2D eigenvalue weighted by molar-refractivity contribution is 5.14. The second kappa shape index (κ2) is 7.49. The maximum Gasteiger partial charge on any atom is 0.240 e. The van der Waals surface area contributed by atoms with Crippen molar-refractivity contribution in [3.8, 4) is 0 Å². The summed E-state index contributed by atoms with van der Waals surface area (Å²) in [6, 6.07) is 10.4. The Morgan fingerprint density at radius 3 is 2.77 bits per heavy atom. The van der Waals surface area contributed by atoms with Gasteiger partial charge in [0, 0.05) is 19.7 Å². The molecule has 1 saturated heterocycles. The Balaban J connectivity index is 1.67. The Labute approximate surface area is 130 Å². The van der Waals surface area contributed by atoms with Gasteiger partial charge in [0.15, 0.2) is 5.82 Å². The summed E-state index contributed by atoms with van der Waals surface area (Å²) in [6.45, 7) is 3.49. The number of nitrogens with zero attached hydrogens (tertiary/aromatic N) is 3. The van der Waals surface area contributed by atoms with Crippen molar-refractivity contribution in [1.82, 2.24) is 15.0 Å². The average molecular weight is 302 g/mol. The standard InChI is InChI=1S/C16H22N4O2/c17-9-16-18-15(19-22-16)12-20(11-14-7-4-8-21-14)10-13-5-2-1-3-6-13/h1-3,5-6,14H,4,7-12,17H2. The molecule has 0 amide bonds. The molecule has 1 atom stereocenters. The molecule has 1 aliphatic heterocycles. The molecule has 6 nitrogen and oxygen atoms in total. The monoisotopic (exact) mass is 302 g/mol. The molecule has 1 aliphatic rings. The van der Waals surface area contributed by atoms with Crippen LogP contribution in [0, 0.1) is 0 Å². The maximum absolute atomic E-state index is 5.76. The fourth-order valence-corrected chi connectivity index (χ4v) is 2.74. The summed E-state index contributed by atoms with van der Waals surface area (Å²) in [6.07, 6.45) is 2.55. The Morgan fingerprint density at radius 1 is 1.23 bits per heavy atom. The number of hydrogen-bond donors (Lipinski definition) is 1. The van der Waals surface area contributed by atoms with E-state index in [1.807, 2.05) is 6.07 Å². The lowest BCUT2D eigenvalue weighted by Crippen LogP contribution is -2.31. The quantitative estimate of drug-likeness (QED) is 0.839. The van der Waals surface area contributed by atoms with Crippen molar-refractivity contribution in [2.75, 3.05) is 13.2 Å². The summed E-state index contributed by atoms with van der Waals surface area (Å²) in [7, 11) is 0. The van der Waals surface area contributed by atoms with Gasteiger partial charge in [-0.1, -0.05) is 35.5 Å². The lowest BCUT2D eigenvalue weighted by molar-refractivity contribution is 0.0667. The van der Waals surface area contributed by atoms with Crippen LogP contribution in [0.1, 0.15) is 30.1 Å². The minimum atomic E-state index is 0.275. The molecule has 1 aromatic carbocycles. The van der Waals surface area contributed by atoms with E-state index in [1.54, 1.807) is 0 Å². The van der Waals surface area contributed by atoms with Crippen LogP contribution in [-0.2, 0) is 24.4 Å². The molecule has 0 bridgehead atoms. The van der Waals surface area contributed by atoms with E-state index in [4.69, 9.17) is 15.0 Å². The van der Waals surface area contributed by atoms with Gasteiger partial charge in [0.1, 0.15) is 0 Å².